The molecule has 0 saturated carbocycles. The van der Waals surface area contributed by atoms with Crippen molar-refractivity contribution >= 4 is 12.0 Å². The van der Waals surface area contributed by atoms with Crippen LogP contribution in [0.15, 0.2) is 48.5 Å². The molecule has 3 N–H and O–H groups in total. The van der Waals surface area contributed by atoms with Crippen molar-refractivity contribution < 1.29 is 24.9 Å². The summed E-state index contributed by atoms with van der Waals surface area (Å²) in [6.45, 7) is -0.0710. The molecule has 2 aromatic rings. The summed E-state index contributed by atoms with van der Waals surface area (Å²) in [5, 5.41) is 27.4. The van der Waals surface area contributed by atoms with Gasteiger partial charge in [-0.2, -0.15) is 0 Å². The molecular weight excluding hydrogens is 272 g/mol. The van der Waals surface area contributed by atoms with E-state index in [0.29, 0.717) is 11.3 Å². The lowest BCUT2D eigenvalue weighted by molar-refractivity contribution is -0.128. The largest absolute Gasteiger partial charge is 0.504 e. The molecule has 21 heavy (non-hydrogen) atoms. The fourth-order valence-corrected chi connectivity index (χ4v) is 1.62. The zero-order valence-electron chi connectivity index (χ0n) is 11.1. The lowest BCUT2D eigenvalue weighted by atomic mass is 10.2. The molecule has 0 atom stereocenters. The van der Waals surface area contributed by atoms with E-state index in [1.54, 1.807) is 30.3 Å². The van der Waals surface area contributed by atoms with E-state index in [4.69, 9.17) is 9.84 Å². The van der Waals surface area contributed by atoms with Crippen LogP contribution in [0.2, 0.25) is 0 Å². The molecule has 0 aromatic heterocycles. The van der Waals surface area contributed by atoms with Crippen LogP contribution in [0.1, 0.15) is 11.1 Å². The number of benzene rings is 2. The molecule has 0 spiro atoms. The number of phenols is 2. The zero-order chi connectivity index (χ0) is 15.2. The number of aliphatic hydroxyl groups excluding tert-OH is 1. The van der Waals surface area contributed by atoms with Crippen LogP contribution in [0.5, 0.6) is 17.2 Å². The van der Waals surface area contributed by atoms with Gasteiger partial charge < -0.3 is 20.1 Å². The number of hydrogen-bond donors (Lipinski definition) is 3. The molecule has 2 aromatic carbocycles. The molecule has 2 rings (SSSR count). The molecule has 0 unspecified atom stereocenters. The van der Waals surface area contributed by atoms with Crippen molar-refractivity contribution in [1.82, 2.24) is 0 Å². The Balaban J connectivity index is 1.99. The molecular formula is C16H14O5. The second-order valence-corrected chi connectivity index (χ2v) is 4.30. The van der Waals surface area contributed by atoms with E-state index in [1.807, 2.05) is 0 Å². The maximum atomic E-state index is 11.6. The Labute approximate surface area is 121 Å². The van der Waals surface area contributed by atoms with Crippen LogP contribution in [0.3, 0.4) is 0 Å². The summed E-state index contributed by atoms with van der Waals surface area (Å²) in [4.78, 5) is 11.6. The van der Waals surface area contributed by atoms with E-state index in [9.17, 15) is 15.0 Å². The first-order chi connectivity index (χ1) is 10.1. The number of rotatable bonds is 4. The summed E-state index contributed by atoms with van der Waals surface area (Å²) in [5.74, 6) is -0.682. The molecule has 5 heteroatoms. The van der Waals surface area contributed by atoms with Gasteiger partial charge in [-0.15, -0.1) is 0 Å². The van der Waals surface area contributed by atoms with Crippen molar-refractivity contribution in [2.24, 2.45) is 0 Å². The Morgan fingerprint density at radius 3 is 2.38 bits per heavy atom. The van der Waals surface area contributed by atoms with Crippen LogP contribution in [0.25, 0.3) is 6.08 Å². The minimum Gasteiger partial charge on any atom is -0.504 e. The summed E-state index contributed by atoms with van der Waals surface area (Å²) in [6, 6.07) is 10.7. The van der Waals surface area contributed by atoms with Gasteiger partial charge in [-0.05, 0) is 41.5 Å². The predicted molar refractivity (Wildman–Crippen MR) is 76.8 cm³/mol. The number of phenolic OH excluding ortho intramolecular Hbond substituents is 2. The second kappa shape index (κ2) is 6.58. The predicted octanol–water partition coefficient (Wildman–Crippen LogP) is 2.21. The van der Waals surface area contributed by atoms with E-state index < -0.39 is 5.97 Å². The monoisotopic (exact) mass is 286 g/mol. The van der Waals surface area contributed by atoms with Crippen LogP contribution in [-0.4, -0.2) is 21.3 Å². The first-order valence-corrected chi connectivity index (χ1v) is 6.20. The number of carbonyl (C=O) groups is 1. The summed E-state index contributed by atoms with van der Waals surface area (Å²) < 4.78 is 5.07. The van der Waals surface area contributed by atoms with Crippen molar-refractivity contribution in [3.05, 3.63) is 59.7 Å². The molecule has 0 amide bonds. The Morgan fingerprint density at radius 1 is 1.05 bits per heavy atom. The molecule has 0 fully saturated rings. The number of carbonyl (C=O) groups excluding carboxylic acids is 1. The standard InChI is InChI=1S/C16H14O5/c17-10-12-1-5-13(6-2-12)21-16(20)8-4-11-3-7-14(18)15(19)9-11/h1-9,17-19H,10H2. The molecule has 0 aliphatic carbocycles. The van der Waals surface area contributed by atoms with Crippen LogP contribution in [0.4, 0.5) is 0 Å². The molecule has 0 aliphatic rings. The topological polar surface area (TPSA) is 87.0 Å². The molecule has 0 heterocycles. The number of aromatic hydroxyl groups is 2. The Morgan fingerprint density at radius 2 is 1.76 bits per heavy atom. The number of hydrogen-bond acceptors (Lipinski definition) is 5. The number of esters is 1. The molecule has 0 saturated heterocycles. The van der Waals surface area contributed by atoms with Gasteiger partial charge in [0, 0.05) is 6.08 Å². The summed E-state index contributed by atoms with van der Waals surface area (Å²) >= 11 is 0. The van der Waals surface area contributed by atoms with Crippen molar-refractivity contribution in [3.63, 3.8) is 0 Å². The molecule has 5 nitrogen and oxygen atoms in total. The van der Waals surface area contributed by atoms with Crippen LogP contribution in [-0.2, 0) is 11.4 Å². The van der Waals surface area contributed by atoms with Gasteiger partial charge in [-0.25, -0.2) is 4.79 Å². The highest BCUT2D eigenvalue weighted by molar-refractivity contribution is 5.88. The fourth-order valence-electron chi connectivity index (χ4n) is 1.62. The van der Waals surface area contributed by atoms with E-state index in [1.165, 1.54) is 24.3 Å². The first kappa shape index (κ1) is 14.6. The lowest BCUT2D eigenvalue weighted by Crippen LogP contribution is -2.03. The Hall–Kier alpha value is -2.79. The molecule has 0 radical (unpaired) electrons. The van der Waals surface area contributed by atoms with Gasteiger partial charge in [0.25, 0.3) is 0 Å². The smallest absolute Gasteiger partial charge is 0.336 e. The van der Waals surface area contributed by atoms with Crippen molar-refractivity contribution in [1.29, 1.82) is 0 Å². The number of ether oxygens (including phenoxy) is 1. The van der Waals surface area contributed by atoms with E-state index in [2.05, 4.69) is 0 Å². The SMILES string of the molecule is O=C(C=Cc1ccc(O)c(O)c1)Oc1ccc(CO)cc1. The van der Waals surface area contributed by atoms with Crippen molar-refractivity contribution in [2.45, 2.75) is 6.61 Å². The van der Waals surface area contributed by atoms with Crippen molar-refractivity contribution in [2.75, 3.05) is 0 Å². The van der Waals surface area contributed by atoms with E-state index >= 15 is 0 Å². The minimum atomic E-state index is -0.570. The summed E-state index contributed by atoms with van der Waals surface area (Å²) in [6.07, 6.45) is 2.68. The third kappa shape index (κ3) is 4.09. The molecule has 108 valence electrons. The third-order valence-electron chi connectivity index (χ3n) is 2.74. The van der Waals surface area contributed by atoms with Gasteiger partial charge in [-0.3, -0.25) is 0 Å². The molecule has 0 aliphatic heterocycles. The first-order valence-electron chi connectivity index (χ1n) is 6.20. The third-order valence-corrected chi connectivity index (χ3v) is 2.74. The normalized spacial score (nSPS) is 10.7. The second-order valence-electron chi connectivity index (χ2n) is 4.30. The van der Waals surface area contributed by atoms with Gasteiger partial charge in [0.1, 0.15) is 5.75 Å². The highest BCUT2D eigenvalue weighted by Gasteiger charge is 2.02. The Bertz CT molecular complexity index is 659. The highest BCUT2D eigenvalue weighted by Crippen LogP contribution is 2.25. The lowest BCUT2D eigenvalue weighted by Gasteiger charge is -2.02. The zero-order valence-corrected chi connectivity index (χ0v) is 11.1. The average Bonchev–Trinajstić information content (AvgIpc) is 2.49. The Kier molecular flexibility index (Phi) is 4.58. The summed E-state index contributed by atoms with van der Waals surface area (Å²) in [7, 11) is 0. The van der Waals surface area contributed by atoms with Gasteiger partial charge in [0.2, 0.25) is 0 Å². The molecule has 0 bridgehead atoms. The average molecular weight is 286 g/mol. The quantitative estimate of drug-likeness (QED) is 0.347. The minimum absolute atomic E-state index is 0.0710. The fraction of sp³-hybridized carbons (Fsp3) is 0.0625. The van der Waals surface area contributed by atoms with Crippen LogP contribution >= 0.6 is 0 Å². The van der Waals surface area contributed by atoms with Crippen molar-refractivity contribution in [3.8, 4) is 17.2 Å². The van der Waals surface area contributed by atoms with Gasteiger partial charge >= 0.3 is 5.97 Å². The van der Waals surface area contributed by atoms with Gasteiger partial charge in [0.05, 0.1) is 6.61 Å². The maximum absolute atomic E-state index is 11.6. The highest BCUT2D eigenvalue weighted by atomic mass is 16.5. The van der Waals surface area contributed by atoms with Gasteiger partial charge in [0.15, 0.2) is 11.5 Å². The maximum Gasteiger partial charge on any atom is 0.336 e. The summed E-state index contributed by atoms with van der Waals surface area (Å²) in [5.41, 5.74) is 1.28. The van der Waals surface area contributed by atoms with Gasteiger partial charge in [-0.1, -0.05) is 18.2 Å². The van der Waals surface area contributed by atoms with E-state index in [-0.39, 0.29) is 18.1 Å². The van der Waals surface area contributed by atoms with E-state index in [0.717, 1.165) is 5.56 Å². The van der Waals surface area contributed by atoms with Crippen LogP contribution < -0.4 is 4.74 Å². The number of aliphatic hydroxyl groups is 1. The van der Waals surface area contributed by atoms with Crippen LogP contribution in [0, 0.1) is 0 Å².